The molecule has 298 valence electrons. The first-order valence-electron chi connectivity index (χ1n) is 22.0. The van der Waals surface area contributed by atoms with Crippen molar-refractivity contribution in [2.24, 2.45) is 9.98 Å². The van der Waals surface area contributed by atoms with E-state index in [-0.39, 0.29) is 11.2 Å². The van der Waals surface area contributed by atoms with Crippen LogP contribution < -0.4 is 0 Å². The van der Waals surface area contributed by atoms with Crippen molar-refractivity contribution in [2.45, 2.75) is 35.8 Å². The number of para-hydroxylation sites is 1. The third kappa shape index (κ3) is 5.96. The maximum Gasteiger partial charge on any atom is 0.160 e. The summed E-state index contributed by atoms with van der Waals surface area (Å²) >= 11 is 1.98. The van der Waals surface area contributed by atoms with Crippen molar-refractivity contribution >= 4 is 93.9 Å². The van der Waals surface area contributed by atoms with Crippen molar-refractivity contribution in [3.05, 3.63) is 228 Å². The number of hydrogen-bond donors (Lipinski definition) is 0. The molecule has 2 aliphatic heterocycles. The van der Waals surface area contributed by atoms with Crippen LogP contribution in [0.25, 0.3) is 70.6 Å². The van der Waals surface area contributed by atoms with Crippen molar-refractivity contribution in [1.29, 1.82) is 0 Å². The number of hydrogen-bond acceptors (Lipinski definition) is 3. The van der Waals surface area contributed by atoms with Gasteiger partial charge in [-0.1, -0.05) is 152 Å². The number of benzene rings is 9. The Morgan fingerprint density at radius 2 is 1.16 bits per heavy atom. The van der Waals surface area contributed by atoms with Crippen LogP contribution in [0.1, 0.15) is 42.4 Å². The number of aromatic nitrogens is 1. The average molecular weight is 824 g/mol. The number of fused-ring (bicyclic) bond motifs is 11. The number of amidine groups is 1. The predicted molar refractivity (Wildman–Crippen MR) is 269 cm³/mol. The quantitative estimate of drug-likeness (QED) is 0.163. The Balaban J connectivity index is 1.03. The fourth-order valence-electron chi connectivity index (χ4n) is 10.5. The van der Waals surface area contributed by atoms with Crippen LogP contribution in [-0.2, 0) is 0 Å². The van der Waals surface area contributed by atoms with Gasteiger partial charge in [-0.3, -0.25) is 0 Å². The molecule has 2 atom stereocenters. The molecule has 0 spiro atoms. The number of nitrogens with zero attached hydrogens (tertiary/aromatic N) is 3. The molecule has 0 bridgehead atoms. The lowest BCUT2D eigenvalue weighted by Gasteiger charge is -2.29. The van der Waals surface area contributed by atoms with Crippen molar-refractivity contribution in [1.82, 2.24) is 4.57 Å². The van der Waals surface area contributed by atoms with E-state index in [4.69, 9.17) is 9.98 Å². The van der Waals surface area contributed by atoms with E-state index < -0.39 is 0 Å². The zero-order chi connectivity index (χ0) is 41.6. The summed E-state index contributed by atoms with van der Waals surface area (Å²) in [6, 6.07) is 66.7. The Kier molecular flexibility index (Phi) is 8.32. The van der Waals surface area contributed by atoms with Crippen LogP contribution in [0.4, 0.5) is 0 Å². The summed E-state index contributed by atoms with van der Waals surface area (Å²) in [6.45, 7) is 2.29. The largest absolute Gasteiger partial charge is 0.312 e. The minimum atomic E-state index is 0.172. The van der Waals surface area contributed by atoms with Crippen LogP contribution in [0, 0.1) is 0 Å². The third-order valence-electron chi connectivity index (χ3n) is 13.6. The molecule has 3 nitrogen and oxygen atoms in total. The summed E-state index contributed by atoms with van der Waals surface area (Å²) in [5.41, 5.74) is 11.8. The summed E-state index contributed by atoms with van der Waals surface area (Å²) in [5.74, 6) is 0.914. The van der Waals surface area contributed by atoms with Gasteiger partial charge in [0.2, 0.25) is 0 Å². The van der Waals surface area contributed by atoms with Crippen LogP contribution in [0.5, 0.6) is 0 Å². The Hall–Kier alpha value is -7.27. The van der Waals surface area contributed by atoms with Crippen LogP contribution in [0.15, 0.2) is 226 Å². The third-order valence-corrected chi connectivity index (χ3v) is 14.9. The second-order valence-corrected chi connectivity index (χ2v) is 18.5. The van der Waals surface area contributed by atoms with E-state index in [1.54, 1.807) is 0 Å². The molecule has 4 heteroatoms. The molecule has 13 rings (SSSR count). The lowest BCUT2D eigenvalue weighted by Crippen LogP contribution is -2.19. The van der Waals surface area contributed by atoms with E-state index >= 15 is 0 Å². The van der Waals surface area contributed by atoms with E-state index in [2.05, 4.69) is 206 Å². The minimum Gasteiger partial charge on any atom is -0.312 e. The normalized spacial score (nSPS) is 18.9. The number of allylic oxidation sites excluding steroid dienone is 3. The first-order valence-corrected chi connectivity index (χ1v) is 22.9. The molecule has 1 aliphatic carbocycles. The van der Waals surface area contributed by atoms with Crippen molar-refractivity contribution < 1.29 is 0 Å². The molecule has 2 unspecified atom stereocenters. The molecule has 9 aromatic carbocycles. The van der Waals surface area contributed by atoms with E-state index in [0.717, 1.165) is 46.8 Å². The monoisotopic (exact) mass is 823 g/mol. The lowest BCUT2D eigenvalue weighted by molar-refractivity contribution is 0.844. The molecule has 0 amide bonds. The molecule has 0 fully saturated rings. The van der Waals surface area contributed by atoms with Gasteiger partial charge in [0, 0.05) is 38.1 Å². The van der Waals surface area contributed by atoms with Crippen LogP contribution in [0.3, 0.4) is 0 Å². The molecular weight excluding hydrogens is 783 g/mol. The van der Waals surface area contributed by atoms with Gasteiger partial charge in [-0.05, 0) is 128 Å². The van der Waals surface area contributed by atoms with Gasteiger partial charge >= 0.3 is 0 Å². The van der Waals surface area contributed by atoms with Gasteiger partial charge in [0.15, 0.2) is 5.84 Å². The SMILES string of the molecule is C/C1=C(/C2=CC3Sc4ccccc4C3C(n3c4ccccc4c4cc5ccccc5cc43)=C2)N=C(c2ccc3c(ccc4ccccc43)c2)N=C(c2ccc3ccccc3c2)CC1. The number of rotatable bonds is 4. The predicted octanol–water partition coefficient (Wildman–Crippen LogP) is 15.5. The van der Waals surface area contributed by atoms with Crippen molar-refractivity contribution in [2.75, 3.05) is 0 Å². The maximum absolute atomic E-state index is 5.74. The average Bonchev–Trinajstić information content (AvgIpc) is 3.87. The summed E-state index contributed by atoms with van der Waals surface area (Å²) in [5, 5.41) is 12.6. The first kappa shape index (κ1) is 36.4. The van der Waals surface area contributed by atoms with Crippen molar-refractivity contribution in [3.63, 3.8) is 0 Å². The fraction of sp³-hybridized carbons (Fsp3) is 0.0847. The van der Waals surface area contributed by atoms with Crippen LogP contribution in [0.2, 0.25) is 0 Å². The van der Waals surface area contributed by atoms with E-state index in [9.17, 15) is 0 Å². The van der Waals surface area contributed by atoms with Gasteiger partial charge in [-0.2, -0.15) is 0 Å². The van der Waals surface area contributed by atoms with Crippen LogP contribution in [-0.4, -0.2) is 21.4 Å². The second kappa shape index (κ2) is 14.4. The summed E-state index contributed by atoms with van der Waals surface area (Å²) in [6.07, 6.45) is 6.63. The molecule has 0 saturated carbocycles. The Labute approximate surface area is 370 Å². The fourth-order valence-corrected chi connectivity index (χ4v) is 11.9. The van der Waals surface area contributed by atoms with Crippen LogP contribution >= 0.6 is 11.8 Å². The molecule has 3 aliphatic rings. The highest BCUT2D eigenvalue weighted by molar-refractivity contribution is 8.00. The van der Waals surface area contributed by atoms with Gasteiger partial charge in [-0.15, -0.1) is 11.8 Å². The molecule has 0 N–H and O–H groups in total. The highest BCUT2D eigenvalue weighted by atomic mass is 32.2. The van der Waals surface area contributed by atoms with E-state index in [0.29, 0.717) is 0 Å². The first-order chi connectivity index (χ1) is 31.1. The molecule has 0 saturated heterocycles. The topological polar surface area (TPSA) is 29.6 Å². The Morgan fingerprint density at radius 3 is 2.03 bits per heavy atom. The standard InChI is InChI=1S/C59H41N3S/c1-36-22-29-51(43-26-23-37-12-2-3-14-39(37)30-43)60-59(44-27-28-47-42(31-44)25-24-38-13-6-7-17-46(38)47)61-58(36)45-34-54(57-49-19-9-11-21-55(49)63-56(57)35-45)62-52-20-10-8-18-48(52)50-32-40-15-4-5-16-41(40)33-53(50)62/h2-21,23-28,30-35,56-57H,22,29H2,1H3/b58-36+,60-51?,61-59?. The zero-order valence-electron chi connectivity index (χ0n) is 34.8. The number of aliphatic imine (C=N–C) groups is 2. The summed E-state index contributed by atoms with van der Waals surface area (Å²) < 4.78 is 2.57. The van der Waals surface area contributed by atoms with E-state index in [1.807, 2.05) is 11.8 Å². The van der Waals surface area contributed by atoms with Gasteiger partial charge < -0.3 is 4.57 Å². The summed E-state index contributed by atoms with van der Waals surface area (Å²) in [7, 11) is 0. The minimum absolute atomic E-state index is 0.172. The van der Waals surface area contributed by atoms with Gasteiger partial charge in [-0.25, -0.2) is 9.98 Å². The maximum atomic E-state index is 5.74. The Morgan fingerprint density at radius 1 is 0.508 bits per heavy atom. The second-order valence-electron chi connectivity index (χ2n) is 17.3. The zero-order valence-corrected chi connectivity index (χ0v) is 35.6. The lowest BCUT2D eigenvalue weighted by atomic mass is 9.85. The molecule has 63 heavy (non-hydrogen) atoms. The highest BCUT2D eigenvalue weighted by Crippen LogP contribution is 2.55. The van der Waals surface area contributed by atoms with E-state index in [1.165, 1.54) is 86.6 Å². The van der Waals surface area contributed by atoms with Crippen molar-refractivity contribution in [3.8, 4) is 0 Å². The Bertz CT molecular complexity index is 3740. The number of thioether (sulfide) groups is 1. The molecular formula is C59H41N3S. The molecule has 3 heterocycles. The molecule has 0 radical (unpaired) electrons. The van der Waals surface area contributed by atoms with Gasteiger partial charge in [0.1, 0.15) is 0 Å². The molecule has 1 aromatic heterocycles. The smallest absolute Gasteiger partial charge is 0.160 e. The van der Waals surface area contributed by atoms with Gasteiger partial charge in [0.05, 0.1) is 22.4 Å². The molecule has 10 aromatic rings. The summed E-state index contributed by atoms with van der Waals surface area (Å²) in [4.78, 5) is 12.7. The van der Waals surface area contributed by atoms with Gasteiger partial charge in [0.25, 0.3) is 0 Å². The highest BCUT2D eigenvalue weighted by Gasteiger charge is 2.39.